The quantitative estimate of drug-likeness (QED) is 0.744. The van der Waals surface area contributed by atoms with Crippen molar-refractivity contribution in [1.82, 2.24) is 10.3 Å². The number of hydrogen-bond donors (Lipinski definition) is 2. The molecule has 2 aromatic rings. The summed E-state index contributed by atoms with van der Waals surface area (Å²) in [6.45, 7) is 1.95. The zero-order chi connectivity index (χ0) is 13.5. The Morgan fingerprint density at radius 3 is 3.11 bits per heavy atom. The molecule has 0 aliphatic heterocycles. The van der Waals surface area contributed by atoms with Gasteiger partial charge in [0.1, 0.15) is 0 Å². The average molecular weight is 260 g/mol. The van der Waals surface area contributed by atoms with E-state index in [1.807, 2.05) is 24.5 Å². The second kappa shape index (κ2) is 7.19. The molecule has 1 atom stereocenters. The van der Waals surface area contributed by atoms with Gasteiger partial charge in [0.25, 0.3) is 0 Å². The lowest BCUT2D eigenvalue weighted by molar-refractivity contribution is 0.0594. The van der Waals surface area contributed by atoms with Crippen LogP contribution in [-0.2, 0) is 11.3 Å². The van der Waals surface area contributed by atoms with E-state index in [1.54, 1.807) is 7.11 Å². The molecule has 1 heterocycles. The number of hydrogen-bond acceptors (Lipinski definition) is 4. The Labute approximate surface area is 113 Å². The summed E-state index contributed by atoms with van der Waals surface area (Å²) >= 11 is 0. The Hall–Kier alpha value is -1.49. The minimum atomic E-state index is -0.394. The first-order valence-corrected chi connectivity index (χ1v) is 6.50. The third kappa shape index (κ3) is 3.99. The molecular weight excluding hydrogens is 240 g/mol. The lowest BCUT2D eigenvalue weighted by Gasteiger charge is -2.11. The van der Waals surface area contributed by atoms with Crippen molar-refractivity contribution in [2.45, 2.75) is 19.1 Å². The highest BCUT2D eigenvalue weighted by Gasteiger charge is 2.03. The van der Waals surface area contributed by atoms with Gasteiger partial charge in [0.05, 0.1) is 12.7 Å². The van der Waals surface area contributed by atoms with Crippen LogP contribution >= 0.6 is 0 Å². The summed E-state index contributed by atoms with van der Waals surface area (Å²) in [6, 6.07) is 8.25. The van der Waals surface area contributed by atoms with Gasteiger partial charge >= 0.3 is 0 Å². The van der Waals surface area contributed by atoms with Gasteiger partial charge in [-0.3, -0.25) is 4.98 Å². The second-order valence-corrected chi connectivity index (χ2v) is 4.59. The molecular formula is C15H20N2O2. The maximum absolute atomic E-state index is 9.54. The topological polar surface area (TPSA) is 54.4 Å². The number of rotatable bonds is 7. The van der Waals surface area contributed by atoms with Crippen molar-refractivity contribution < 1.29 is 9.84 Å². The van der Waals surface area contributed by atoms with E-state index in [2.05, 4.69) is 22.4 Å². The highest BCUT2D eigenvalue weighted by molar-refractivity contribution is 5.84. The van der Waals surface area contributed by atoms with Crippen molar-refractivity contribution in [3.63, 3.8) is 0 Å². The van der Waals surface area contributed by atoms with Gasteiger partial charge in [-0.25, -0.2) is 0 Å². The number of nitrogens with zero attached hydrogens (tertiary/aromatic N) is 1. The van der Waals surface area contributed by atoms with Crippen LogP contribution in [-0.4, -0.2) is 36.5 Å². The summed E-state index contributed by atoms with van der Waals surface area (Å²) in [4.78, 5) is 4.13. The van der Waals surface area contributed by atoms with E-state index >= 15 is 0 Å². The largest absolute Gasteiger partial charge is 0.391 e. The van der Waals surface area contributed by atoms with E-state index in [1.165, 1.54) is 10.9 Å². The van der Waals surface area contributed by atoms with Crippen LogP contribution in [0.4, 0.5) is 0 Å². The normalized spacial score (nSPS) is 12.7. The molecule has 0 fully saturated rings. The molecule has 19 heavy (non-hydrogen) atoms. The third-order valence-corrected chi connectivity index (χ3v) is 3.10. The summed E-state index contributed by atoms with van der Waals surface area (Å²) in [7, 11) is 1.60. The van der Waals surface area contributed by atoms with Crippen LogP contribution in [0.15, 0.2) is 36.7 Å². The molecule has 0 amide bonds. The Morgan fingerprint density at radius 1 is 1.37 bits per heavy atom. The van der Waals surface area contributed by atoms with Gasteiger partial charge in [-0.15, -0.1) is 0 Å². The fourth-order valence-electron chi connectivity index (χ4n) is 2.11. The molecule has 1 aromatic heterocycles. The molecule has 0 spiro atoms. The maximum Gasteiger partial charge on any atom is 0.0785 e. The van der Waals surface area contributed by atoms with Gasteiger partial charge in [-0.1, -0.05) is 18.2 Å². The van der Waals surface area contributed by atoms with E-state index in [0.29, 0.717) is 13.0 Å². The minimum absolute atomic E-state index is 0.390. The number of methoxy groups -OCH3 is 1. The molecule has 0 radical (unpaired) electrons. The van der Waals surface area contributed by atoms with E-state index in [-0.39, 0.29) is 0 Å². The van der Waals surface area contributed by atoms with Crippen LogP contribution in [0.5, 0.6) is 0 Å². The van der Waals surface area contributed by atoms with Crippen LogP contribution in [0, 0.1) is 0 Å². The Morgan fingerprint density at radius 2 is 2.26 bits per heavy atom. The van der Waals surface area contributed by atoms with E-state index in [4.69, 9.17) is 4.74 Å². The first kappa shape index (κ1) is 13.9. The zero-order valence-corrected chi connectivity index (χ0v) is 11.2. The van der Waals surface area contributed by atoms with Gasteiger partial charge in [0, 0.05) is 31.4 Å². The maximum atomic E-state index is 9.54. The van der Waals surface area contributed by atoms with Crippen LogP contribution < -0.4 is 5.32 Å². The summed E-state index contributed by atoms with van der Waals surface area (Å²) in [5.74, 6) is 0. The molecule has 2 rings (SSSR count). The predicted octanol–water partition coefficient (Wildman–Crippen LogP) is 1.72. The lowest BCUT2D eigenvalue weighted by Crippen LogP contribution is -2.23. The number of fused-ring (bicyclic) bond motifs is 1. The van der Waals surface area contributed by atoms with Crippen molar-refractivity contribution in [2.75, 3.05) is 20.3 Å². The molecule has 1 unspecified atom stereocenters. The van der Waals surface area contributed by atoms with E-state index in [0.717, 1.165) is 18.5 Å². The van der Waals surface area contributed by atoms with E-state index < -0.39 is 6.10 Å². The lowest BCUT2D eigenvalue weighted by atomic mass is 10.1. The van der Waals surface area contributed by atoms with Crippen molar-refractivity contribution >= 4 is 10.8 Å². The highest BCUT2D eigenvalue weighted by atomic mass is 16.5. The average Bonchev–Trinajstić information content (AvgIpc) is 2.44. The summed E-state index contributed by atoms with van der Waals surface area (Å²) in [6.07, 6.45) is 3.99. The van der Waals surface area contributed by atoms with Gasteiger partial charge in [-0.2, -0.15) is 0 Å². The molecule has 0 aliphatic rings. The molecule has 4 heteroatoms. The molecule has 0 saturated carbocycles. The third-order valence-electron chi connectivity index (χ3n) is 3.10. The standard InChI is InChI=1S/C15H20N2O2/c1-19-11-14(18)5-7-16-9-12-3-2-4-13-10-17-8-6-15(12)13/h2-4,6,8,10,14,16,18H,5,7,9,11H2,1H3. The number of benzene rings is 1. The fraction of sp³-hybridized carbons (Fsp3) is 0.400. The minimum Gasteiger partial charge on any atom is -0.391 e. The molecule has 0 bridgehead atoms. The molecule has 0 saturated heterocycles. The van der Waals surface area contributed by atoms with E-state index in [9.17, 15) is 5.11 Å². The van der Waals surface area contributed by atoms with Crippen LogP contribution in [0.25, 0.3) is 10.8 Å². The number of nitrogens with one attached hydrogen (secondary N) is 1. The molecule has 4 nitrogen and oxygen atoms in total. The first-order valence-electron chi connectivity index (χ1n) is 6.50. The summed E-state index contributed by atoms with van der Waals surface area (Å²) < 4.78 is 4.89. The van der Waals surface area contributed by atoms with Gasteiger partial charge < -0.3 is 15.2 Å². The molecule has 102 valence electrons. The number of ether oxygens (including phenoxy) is 1. The molecule has 2 N–H and O–H groups in total. The van der Waals surface area contributed by atoms with Crippen molar-refractivity contribution in [1.29, 1.82) is 0 Å². The molecule has 0 aliphatic carbocycles. The van der Waals surface area contributed by atoms with Crippen molar-refractivity contribution in [3.8, 4) is 0 Å². The predicted molar refractivity (Wildman–Crippen MR) is 75.9 cm³/mol. The van der Waals surface area contributed by atoms with Crippen molar-refractivity contribution in [2.24, 2.45) is 0 Å². The Kier molecular flexibility index (Phi) is 5.27. The smallest absolute Gasteiger partial charge is 0.0785 e. The number of aromatic nitrogens is 1. The van der Waals surface area contributed by atoms with Crippen LogP contribution in [0.3, 0.4) is 0 Å². The van der Waals surface area contributed by atoms with Gasteiger partial charge in [-0.05, 0) is 30.0 Å². The van der Waals surface area contributed by atoms with Crippen molar-refractivity contribution in [3.05, 3.63) is 42.2 Å². The SMILES string of the molecule is COCC(O)CCNCc1cccc2cnccc12. The van der Waals surface area contributed by atoms with Crippen LogP contribution in [0.2, 0.25) is 0 Å². The fourth-order valence-corrected chi connectivity index (χ4v) is 2.11. The zero-order valence-electron chi connectivity index (χ0n) is 11.2. The second-order valence-electron chi connectivity index (χ2n) is 4.59. The van der Waals surface area contributed by atoms with Gasteiger partial charge in [0.15, 0.2) is 0 Å². The number of pyridine rings is 1. The number of aliphatic hydroxyl groups is 1. The number of aliphatic hydroxyl groups excluding tert-OH is 1. The molecule has 1 aromatic carbocycles. The Balaban J connectivity index is 1.88. The monoisotopic (exact) mass is 260 g/mol. The van der Waals surface area contributed by atoms with Gasteiger partial charge in [0.2, 0.25) is 0 Å². The summed E-state index contributed by atoms with van der Waals surface area (Å²) in [5, 5.41) is 15.3. The first-order chi connectivity index (χ1) is 9.31. The Bertz CT molecular complexity index is 511. The summed E-state index contributed by atoms with van der Waals surface area (Å²) in [5.41, 5.74) is 1.25. The van der Waals surface area contributed by atoms with Crippen LogP contribution in [0.1, 0.15) is 12.0 Å². The highest BCUT2D eigenvalue weighted by Crippen LogP contribution is 2.17.